The third-order valence-electron chi connectivity index (χ3n) is 3.21. The lowest BCUT2D eigenvalue weighted by Crippen LogP contribution is -2.53. The molecule has 2 saturated heterocycles. The summed E-state index contributed by atoms with van der Waals surface area (Å²) in [4.78, 5) is 12.8. The minimum atomic E-state index is -0.406. The number of carbonyl (C=O) groups is 1. The fraction of sp³-hybridized carbons (Fsp3) is 0.667. The van der Waals surface area contributed by atoms with Crippen LogP contribution >= 0.6 is 0 Å². The maximum Gasteiger partial charge on any atom is 0.307 e. The molecule has 0 aromatic heterocycles. The molecule has 0 N–H and O–H groups in total. The van der Waals surface area contributed by atoms with Gasteiger partial charge >= 0.3 is 5.97 Å². The molecule has 2 bridgehead atoms. The van der Waals surface area contributed by atoms with Crippen LogP contribution in [0.2, 0.25) is 0 Å². The first-order chi connectivity index (χ1) is 8.22. The summed E-state index contributed by atoms with van der Waals surface area (Å²) in [6.45, 7) is 2.62. The van der Waals surface area contributed by atoms with E-state index in [0.29, 0.717) is 18.9 Å². The summed E-state index contributed by atoms with van der Waals surface area (Å²) in [6.07, 6.45) is 4.48. The number of nitriles is 1. The van der Waals surface area contributed by atoms with Crippen molar-refractivity contribution in [1.29, 1.82) is 5.26 Å². The Morgan fingerprint density at radius 3 is 2.65 bits per heavy atom. The molecule has 0 saturated carbocycles. The zero-order chi connectivity index (χ0) is 12.3. The molecule has 5 nitrogen and oxygen atoms in total. The Balaban J connectivity index is 2.15. The second kappa shape index (κ2) is 5.19. The lowest BCUT2D eigenvalue weighted by atomic mass is 9.94. The van der Waals surface area contributed by atoms with E-state index < -0.39 is 5.97 Å². The molecule has 2 fully saturated rings. The van der Waals surface area contributed by atoms with Crippen LogP contribution in [0.4, 0.5) is 0 Å². The number of allylic oxidation sites excluding steroid dienone is 1. The Morgan fingerprint density at radius 2 is 2.12 bits per heavy atom. The number of piperidine rings is 1. The second-order valence-corrected chi connectivity index (χ2v) is 4.41. The first kappa shape index (κ1) is 11.9. The fourth-order valence-electron chi connectivity index (χ4n) is 2.51. The molecular weight excluding hydrogens is 220 g/mol. The van der Waals surface area contributed by atoms with Gasteiger partial charge in [-0.05, 0) is 19.3 Å². The molecule has 5 heteroatoms. The summed E-state index contributed by atoms with van der Waals surface area (Å²) in [5.74, 6) is -0.406. The van der Waals surface area contributed by atoms with Crippen molar-refractivity contribution in [3.63, 3.8) is 0 Å². The van der Waals surface area contributed by atoms with Crippen molar-refractivity contribution in [2.24, 2.45) is 0 Å². The number of carbonyl (C=O) groups excluding carboxylic acids is 1. The van der Waals surface area contributed by atoms with Crippen LogP contribution in [0, 0.1) is 11.3 Å². The molecule has 2 rings (SSSR count). The molecule has 92 valence electrons. The average molecular weight is 236 g/mol. The first-order valence-electron chi connectivity index (χ1n) is 5.86. The monoisotopic (exact) mass is 236 g/mol. The van der Waals surface area contributed by atoms with Crippen LogP contribution in [-0.4, -0.2) is 36.2 Å². The van der Waals surface area contributed by atoms with Crippen molar-refractivity contribution in [2.75, 3.05) is 13.2 Å². The minimum absolute atomic E-state index is 0.240. The molecule has 2 heterocycles. The lowest BCUT2D eigenvalue weighted by molar-refractivity contribution is -0.135. The van der Waals surface area contributed by atoms with E-state index in [9.17, 15) is 4.79 Å². The van der Waals surface area contributed by atoms with Crippen LogP contribution in [0.1, 0.15) is 26.2 Å². The lowest BCUT2D eigenvalue weighted by Gasteiger charge is -2.46. The quantitative estimate of drug-likeness (QED) is 0.409. The maximum atomic E-state index is 10.8. The number of fused-ring (bicyclic) bond motifs is 2. The summed E-state index contributed by atoms with van der Waals surface area (Å²) in [7, 11) is 0. The molecule has 0 aromatic carbocycles. The molecular formula is C12H16N2O3. The van der Waals surface area contributed by atoms with Crippen LogP contribution in [0.5, 0.6) is 0 Å². The van der Waals surface area contributed by atoms with Gasteiger partial charge < -0.3 is 14.4 Å². The Kier molecular flexibility index (Phi) is 3.64. The predicted molar refractivity (Wildman–Crippen MR) is 59.5 cm³/mol. The molecule has 0 spiro atoms. The summed E-state index contributed by atoms with van der Waals surface area (Å²) in [5, 5.41) is 9.15. The molecule has 2 atom stereocenters. The number of nitrogens with zero attached hydrogens (tertiary/aromatic N) is 2. The smallest absolute Gasteiger partial charge is 0.307 e. The van der Waals surface area contributed by atoms with Gasteiger partial charge in [-0.1, -0.05) is 0 Å². The van der Waals surface area contributed by atoms with E-state index >= 15 is 0 Å². The van der Waals surface area contributed by atoms with Gasteiger partial charge in [-0.3, -0.25) is 4.79 Å². The van der Waals surface area contributed by atoms with Crippen LogP contribution in [0.25, 0.3) is 0 Å². The minimum Gasteiger partial charge on any atom is -0.432 e. The van der Waals surface area contributed by atoms with Gasteiger partial charge in [-0.15, -0.1) is 0 Å². The van der Waals surface area contributed by atoms with Gasteiger partial charge in [0, 0.05) is 6.92 Å². The van der Waals surface area contributed by atoms with E-state index in [2.05, 4.69) is 11.0 Å². The van der Waals surface area contributed by atoms with Crippen molar-refractivity contribution >= 4 is 5.97 Å². The highest BCUT2D eigenvalue weighted by Crippen LogP contribution is 2.30. The highest BCUT2D eigenvalue weighted by Gasteiger charge is 2.36. The van der Waals surface area contributed by atoms with E-state index in [1.165, 1.54) is 19.6 Å². The number of esters is 1. The van der Waals surface area contributed by atoms with E-state index in [1.807, 2.05) is 0 Å². The van der Waals surface area contributed by atoms with Crippen LogP contribution in [-0.2, 0) is 14.3 Å². The predicted octanol–water partition coefficient (Wildman–Crippen LogP) is 1.17. The van der Waals surface area contributed by atoms with Gasteiger partial charge in [0.15, 0.2) is 5.70 Å². The number of rotatable bonds is 2. The van der Waals surface area contributed by atoms with Gasteiger partial charge in [0.1, 0.15) is 12.3 Å². The number of hydrogen-bond acceptors (Lipinski definition) is 5. The highest BCUT2D eigenvalue weighted by molar-refractivity contribution is 5.66. The van der Waals surface area contributed by atoms with E-state index in [4.69, 9.17) is 14.7 Å². The Morgan fingerprint density at radius 1 is 1.47 bits per heavy atom. The molecule has 0 radical (unpaired) electrons. The molecule has 2 unspecified atom stereocenters. The maximum absolute atomic E-state index is 10.8. The summed E-state index contributed by atoms with van der Waals surface area (Å²) in [6, 6.07) is 2.59. The van der Waals surface area contributed by atoms with Crippen molar-refractivity contribution in [1.82, 2.24) is 4.90 Å². The van der Waals surface area contributed by atoms with Crippen molar-refractivity contribution < 1.29 is 14.3 Å². The summed E-state index contributed by atoms with van der Waals surface area (Å²) < 4.78 is 10.3. The van der Waals surface area contributed by atoms with Gasteiger partial charge in [0.05, 0.1) is 25.3 Å². The average Bonchev–Trinajstić information content (AvgIpc) is 2.29. The van der Waals surface area contributed by atoms with E-state index in [1.54, 1.807) is 0 Å². The number of ether oxygens (including phenoxy) is 2. The van der Waals surface area contributed by atoms with Crippen LogP contribution in [0.15, 0.2) is 12.0 Å². The second-order valence-electron chi connectivity index (χ2n) is 4.41. The Labute approximate surface area is 101 Å². The standard InChI is InChI=1S/C12H16N2O3/c1-9(15)17-8-12(5-13)14-10-3-2-4-11(14)7-16-6-10/h8,10-11H,2-4,6-7H2,1H3/b12-8+. The van der Waals surface area contributed by atoms with Crippen LogP contribution < -0.4 is 0 Å². The van der Waals surface area contributed by atoms with Crippen LogP contribution in [0.3, 0.4) is 0 Å². The van der Waals surface area contributed by atoms with Crippen molar-refractivity contribution in [3.8, 4) is 6.07 Å². The largest absolute Gasteiger partial charge is 0.432 e. The Bertz CT molecular complexity index is 350. The molecule has 0 aromatic rings. The number of morpholine rings is 1. The Hall–Kier alpha value is -1.54. The topological polar surface area (TPSA) is 62.6 Å². The summed E-state index contributed by atoms with van der Waals surface area (Å²) in [5.41, 5.74) is 0.429. The third kappa shape index (κ3) is 2.59. The molecule has 17 heavy (non-hydrogen) atoms. The van der Waals surface area contributed by atoms with Crippen molar-refractivity contribution in [2.45, 2.75) is 38.3 Å². The van der Waals surface area contributed by atoms with E-state index in [0.717, 1.165) is 12.8 Å². The molecule has 0 aliphatic carbocycles. The zero-order valence-corrected chi connectivity index (χ0v) is 9.89. The fourth-order valence-corrected chi connectivity index (χ4v) is 2.51. The third-order valence-corrected chi connectivity index (χ3v) is 3.21. The van der Waals surface area contributed by atoms with Crippen molar-refractivity contribution in [3.05, 3.63) is 12.0 Å². The van der Waals surface area contributed by atoms with Gasteiger partial charge in [0.2, 0.25) is 0 Å². The van der Waals surface area contributed by atoms with Gasteiger partial charge in [-0.25, -0.2) is 0 Å². The van der Waals surface area contributed by atoms with Gasteiger partial charge in [0.25, 0.3) is 0 Å². The molecule has 2 aliphatic rings. The number of hydrogen-bond donors (Lipinski definition) is 0. The summed E-state index contributed by atoms with van der Waals surface area (Å²) >= 11 is 0. The SMILES string of the molecule is CC(=O)O/C=C(\C#N)N1C2CCCC1COC2. The molecule has 0 amide bonds. The highest BCUT2D eigenvalue weighted by atomic mass is 16.5. The van der Waals surface area contributed by atoms with E-state index in [-0.39, 0.29) is 12.1 Å². The normalized spacial score (nSPS) is 28.5. The molecule has 2 aliphatic heterocycles. The zero-order valence-electron chi connectivity index (χ0n) is 9.89. The van der Waals surface area contributed by atoms with Gasteiger partial charge in [-0.2, -0.15) is 5.26 Å². The first-order valence-corrected chi connectivity index (χ1v) is 5.86.